The average molecular weight is 401 g/mol. The third-order valence-electron chi connectivity index (χ3n) is 4.08. The minimum absolute atomic E-state index is 0.0904. The summed E-state index contributed by atoms with van der Waals surface area (Å²) >= 11 is 0. The monoisotopic (exact) mass is 401 g/mol. The Labute approximate surface area is 162 Å². The van der Waals surface area contributed by atoms with Crippen molar-refractivity contribution in [2.75, 3.05) is 0 Å². The van der Waals surface area contributed by atoms with Crippen LogP contribution in [0.1, 0.15) is 21.5 Å². The van der Waals surface area contributed by atoms with Gasteiger partial charge in [0, 0.05) is 44.3 Å². The summed E-state index contributed by atoms with van der Waals surface area (Å²) in [6.07, 6.45) is 5.98. The molecule has 9 nitrogen and oxygen atoms in total. The molecule has 0 saturated heterocycles. The highest BCUT2D eigenvalue weighted by Gasteiger charge is 2.26. The van der Waals surface area contributed by atoms with Crippen LogP contribution in [0.2, 0.25) is 0 Å². The Morgan fingerprint density at radius 2 is 1.86 bits per heavy atom. The summed E-state index contributed by atoms with van der Waals surface area (Å²) in [6.45, 7) is 0.219. The minimum atomic E-state index is -3.80. The number of pyridine rings is 1. The lowest BCUT2D eigenvalue weighted by Crippen LogP contribution is -2.30. The summed E-state index contributed by atoms with van der Waals surface area (Å²) in [7, 11) is -2.16. The molecule has 0 radical (unpaired) electrons. The number of sulfonamides is 1. The van der Waals surface area contributed by atoms with E-state index in [1.807, 2.05) is 0 Å². The molecule has 0 spiro atoms. The number of hydroxylamine groups is 1. The molecule has 0 aliphatic rings. The molecular weight excluding hydrogens is 382 g/mol. The van der Waals surface area contributed by atoms with E-state index in [1.54, 1.807) is 49.2 Å². The van der Waals surface area contributed by atoms with Crippen molar-refractivity contribution >= 4 is 15.9 Å². The van der Waals surface area contributed by atoms with Crippen LogP contribution in [-0.4, -0.2) is 38.6 Å². The molecule has 0 fully saturated rings. The van der Waals surface area contributed by atoms with Gasteiger partial charge in [0.05, 0.1) is 6.20 Å². The maximum atomic E-state index is 13.1. The van der Waals surface area contributed by atoms with Crippen molar-refractivity contribution in [2.24, 2.45) is 7.05 Å². The molecule has 3 aromatic rings. The first-order chi connectivity index (χ1) is 13.4. The molecule has 10 heteroatoms. The second kappa shape index (κ2) is 8.30. The lowest BCUT2D eigenvalue weighted by atomic mass is 10.1. The van der Waals surface area contributed by atoms with Crippen molar-refractivity contribution in [1.29, 1.82) is 0 Å². The summed E-state index contributed by atoms with van der Waals surface area (Å²) in [5.41, 5.74) is 3.25. The molecule has 1 aromatic carbocycles. The first-order valence-corrected chi connectivity index (χ1v) is 9.75. The van der Waals surface area contributed by atoms with Crippen LogP contribution in [0.15, 0.2) is 66.1 Å². The SMILES string of the molecule is Cn1cc(S(=O)(=O)N(Cc2ccc(C(=O)NO)cc2)Cc2cccnc2)cn1. The second-order valence-electron chi connectivity index (χ2n) is 6.12. The first-order valence-electron chi connectivity index (χ1n) is 8.31. The predicted octanol–water partition coefficient (Wildman–Crippen LogP) is 1.33. The van der Waals surface area contributed by atoms with Gasteiger partial charge in [0.15, 0.2) is 0 Å². The number of benzene rings is 1. The highest BCUT2D eigenvalue weighted by molar-refractivity contribution is 7.89. The highest BCUT2D eigenvalue weighted by Crippen LogP contribution is 2.21. The number of aryl methyl sites for hydroxylation is 1. The lowest BCUT2D eigenvalue weighted by molar-refractivity contribution is 0.0706. The number of rotatable bonds is 7. The van der Waals surface area contributed by atoms with Crippen LogP contribution >= 0.6 is 0 Å². The Hall–Kier alpha value is -3.08. The minimum Gasteiger partial charge on any atom is -0.288 e. The number of carbonyl (C=O) groups is 1. The highest BCUT2D eigenvalue weighted by atomic mass is 32.2. The van der Waals surface area contributed by atoms with Gasteiger partial charge < -0.3 is 0 Å². The smallest absolute Gasteiger partial charge is 0.274 e. The largest absolute Gasteiger partial charge is 0.288 e. The number of amides is 1. The van der Waals surface area contributed by atoms with Crippen molar-refractivity contribution in [3.05, 3.63) is 77.9 Å². The van der Waals surface area contributed by atoms with Crippen molar-refractivity contribution in [3.8, 4) is 0 Å². The number of hydrogen-bond donors (Lipinski definition) is 2. The average Bonchev–Trinajstić information content (AvgIpc) is 3.15. The van der Waals surface area contributed by atoms with Crippen LogP contribution in [0.25, 0.3) is 0 Å². The van der Waals surface area contributed by atoms with E-state index in [-0.39, 0.29) is 23.5 Å². The van der Waals surface area contributed by atoms with Gasteiger partial charge in [-0.05, 0) is 29.3 Å². The van der Waals surface area contributed by atoms with E-state index in [0.717, 1.165) is 5.56 Å². The predicted molar refractivity (Wildman–Crippen MR) is 99.6 cm³/mol. The van der Waals surface area contributed by atoms with Gasteiger partial charge >= 0.3 is 0 Å². The topological polar surface area (TPSA) is 117 Å². The van der Waals surface area contributed by atoms with Gasteiger partial charge in [0.2, 0.25) is 10.0 Å². The maximum Gasteiger partial charge on any atom is 0.274 e. The van der Waals surface area contributed by atoms with Gasteiger partial charge in [0.25, 0.3) is 5.91 Å². The zero-order valence-electron chi connectivity index (χ0n) is 15.1. The normalized spacial score (nSPS) is 11.5. The summed E-state index contributed by atoms with van der Waals surface area (Å²) in [4.78, 5) is 15.6. The Bertz CT molecular complexity index is 1050. The Balaban J connectivity index is 1.91. The van der Waals surface area contributed by atoms with Gasteiger partial charge in [-0.3, -0.25) is 19.7 Å². The molecule has 0 bridgehead atoms. The summed E-state index contributed by atoms with van der Waals surface area (Å²) in [5, 5.41) is 12.7. The molecule has 0 saturated carbocycles. The zero-order valence-corrected chi connectivity index (χ0v) is 15.9. The molecule has 28 heavy (non-hydrogen) atoms. The standard InChI is InChI=1S/C18H19N5O4S/c1-22-13-17(10-20-22)28(26,27)23(12-15-3-2-8-19-9-15)11-14-4-6-16(7-5-14)18(24)21-25/h2-10,13,25H,11-12H2,1H3,(H,21,24). The Kier molecular flexibility index (Phi) is 5.83. The number of carbonyl (C=O) groups excluding carboxylic acids is 1. The number of nitrogens with one attached hydrogen (secondary N) is 1. The third kappa shape index (κ3) is 4.42. The Morgan fingerprint density at radius 1 is 1.14 bits per heavy atom. The zero-order chi connectivity index (χ0) is 20.1. The van der Waals surface area contributed by atoms with Gasteiger partial charge in [-0.15, -0.1) is 0 Å². The van der Waals surface area contributed by atoms with Gasteiger partial charge in [-0.25, -0.2) is 13.9 Å². The molecule has 0 unspecified atom stereocenters. The van der Waals surface area contributed by atoms with Crippen molar-refractivity contribution < 1.29 is 18.4 Å². The van der Waals surface area contributed by atoms with E-state index < -0.39 is 15.9 Å². The summed E-state index contributed by atoms with van der Waals surface area (Å²) < 4.78 is 29.0. The van der Waals surface area contributed by atoms with Crippen LogP contribution in [-0.2, 0) is 30.2 Å². The molecule has 1 amide bonds. The maximum absolute atomic E-state index is 13.1. The van der Waals surface area contributed by atoms with Crippen LogP contribution in [0.5, 0.6) is 0 Å². The Morgan fingerprint density at radius 3 is 2.43 bits per heavy atom. The molecule has 3 rings (SSSR count). The van der Waals surface area contributed by atoms with Gasteiger partial charge in [-0.1, -0.05) is 18.2 Å². The molecule has 0 aliphatic carbocycles. The van der Waals surface area contributed by atoms with Crippen molar-refractivity contribution in [1.82, 2.24) is 24.5 Å². The molecule has 0 atom stereocenters. The number of nitrogens with zero attached hydrogens (tertiary/aromatic N) is 4. The van der Waals surface area contributed by atoms with E-state index in [0.29, 0.717) is 5.56 Å². The molecule has 146 valence electrons. The van der Waals surface area contributed by atoms with Crippen molar-refractivity contribution in [2.45, 2.75) is 18.0 Å². The van der Waals surface area contributed by atoms with Crippen LogP contribution in [0, 0.1) is 0 Å². The fraction of sp³-hybridized carbons (Fsp3) is 0.167. The van der Waals surface area contributed by atoms with Crippen LogP contribution < -0.4 is 5.48 Å². The quantitative estimate of drug-likeness (QED) is 0.456. The third-order valence-corrected chi connectivity index (χ3v) is 5.82. The number of aromatic nitrogens is 3. The molecule has 2 heterocycles. The van der Waals surface area contributed by atoms with E-state index in [9.17, 15) is 13.2 Å². The molecule has 2 aromatic heterocycles. The summed E-state index contributed by atoms with van der Waals surface area (Å²) in [6, 6.07) is 9.85. The van der Waals surface area contributed by atoms with E-state index in [2.05, 4.69) is 10.1 Å². The van der Waals surface area contributed by atoms with Gasteiger partial charge in [0.1, 0.15) is 4.90 Å². The molecule has 2 N–H and O–H groups in total. The second-order valence-corrected chi connectivity index (χ2v) is 8.06. The fourth-order valence-corrected chi connectivity index (χ4v) is 4.03. The van der Waals surface area contributed by atoms with E-state index in [4.69, 9.17) is 5.21 Å². The van der Waals surface area contributed by atoms with Crippen molar-refractivity contribution in [3.63, 3.8) is 0 Å². The van der Waals surface area contributed by atoms with Crippen LogP contribution in [0.4, 0.5) is 0 Å². The van der Waals surface area contributed by atoms with E-state index in [1.165, 1.54) is 33.5 Å². The molecular formula is C18H19N5O4S. The number of hydrogen-bond acceptors (Lipinski definition) is 6. The molecule has 0 aliphatic heterocycles. The van der Waals surface area contributed by atoms with Gasteiger partial charge in [-0.2, -0.15) is 9.40 Å². The summed E-state index contributed by atoms with van der Waals surface area (Å²) in [5.74, 6) is -0.637. The lowest BCUT2D eigenvalue weighted by Gasteiger charge is -2.21. The first kappa shape index (κ1) is 19.7. The van der Waals surface area contributed by atoms with Crippen LogP contribution in [0.3, 0.4) is 0 Å². The fourth-order valence-electron chi connectivity index (χ4n) is 2.63. The van der Waals surface area contributed by atoms with E-state index >= 15 is 0 Å².